The SMILES string of the molecule is CN(C)CC(=O)N1CCCC(Cn2nc(-c3cnn(C)c3)c3c(N)ncnc32)C1. The highest BCUT2D eigenvalue weighted by molar-refractivity contribution is 5.98. The molecule has 154 valence electrons. The van der Waals surface area contributed by atoms with Crippen LogP contribution in [0.25, 0.3) is 22.3 Å². The molecule has 0 saturated carbocycles. The number of nitrogen functional groups attached to an aromatic ring is 1. The Labute approximate surface area is 169 Å². The van der Waals surface area contributed by atoms with Gasteiger partial charge in [-0.2, -0.15) is 10.2 Å². The number of likely N-dealkylation sites (tertiary alicyclic amines) is 1. The van der Waals surface area contributed by atoms with Crippen molar-refractivity contribution in [1.29, 1.82) is 0 Å². The van der Waals surface area contributed by atoms with Crippen molar-refractivity contribution >= 4 is 22.8 Å². The third-order valence-electron chi connectivity index (χ3n) is 5.29. The lowest BCUT2D eigenvalue weighted by atomic mass is 9.98. The molecule has 0 bridgehead atoms. The van der Waals surface area contributed by atoms with Gasteiger partial charge in [-0.05, 0) is 32.9 Å². The van der Waals surface area contributed by atoms with Crippen molar-refractivity contribution in [2.24, 2.45) is 13.0 Å². The number of nitrogens with two attached hydrogens (primary N) is 1. The maximum absolute atomic E-state index is 12.5. The first kappa shape index (κ1) is 19.3. The van der Waals surface area contributed by atoms with Gasteiger partial charge in [0.25, 0.3) is 0 Å². The number of fused-ring (bicyclic) bond motifs is 1. The molecule has 2 N–H and O–H groups in total. The molecule has 0 radical (unpaired) electrons. The Balaban J connectivity index is 1.61. The second kappa shape index (κ2) is 7.78. The predicted octanol–water partition coefficient (Wildman–Crippen LogP) is 0.609. The number of amides is 1. The van der Waals surface area contributed by atoms with Crippen LogP contribution in [-0.2, 0) is 18.4 Å². The highest BCUT2D eigenvalue weighted by Gasteiger charge is 2.26. The van der Waals surface area contributed by atoms with Crippen molar-refractivity contribution in [2.45, 2.75) is 19.4 Å². The van der Waals surface area contributed by atoms with Gasteiger partial charge in [0.05, 0.1) is 18.1 Å². The number of carbonyl (C=O) groups is 1. The van der Waals surface area contributed by atoms with Gasteiger partial charge in [-0.3, -0.25) is 9.48 Å². The second-order valence-electron chi connectivity index (χ2n) is 7.98. The van der Waals surface area contributed by atoms with Crippen LogP contribution < -0.4 is 5.73 Å². The molecule has 0 aliphatic carbocycles. The first-order valence-electron chi connectivity index (χ1n) is 9.81. The number of likely N-dealkylation sites (N-methyl/N-ethyl adjacent to an activating group) is 1. The van der Waals surface area contributed by atoms with Crippen molar-refractivity contribution in [3.63, 3.8) is 0 Å². The van der Waals surface area contributed by atoms with Gasteiger partial charge in [0, 0.05) is 38.4 Å². The Morgan fingerprint density at radius 1 is 1.34 bits per heavy atom. The van der Waals surface area contributed by atoms with E-state index in [0.717, 1.165) is 42.6 Å². The van der Waals surface area contributed by atoms with Gasteiger partial charge in [0.15, 0.2) is 5.65 Å². The molecule has 3 aromatic heterocycles. The number of carbonyl (C=O) groups excluding carboxylic acids is 1. The molecule has 1 atom stereocenters. The minimum absolute atomic E-state index is 0.174. The Morgan fingerprint density at radius 2 is 2.17 bits per heavy atom. The molecule has 10 nitrogen and oxygen atoms in total. The molecular formula is C19H27N9O. The second-order valence-corrected chi connectivity index (χ2v) is 7.98. The summed E-state index contributed by atoms with van der Waals surface area (Å²) in [6, 6.07) is 0. The molecule has 3 aromatic rings. The van der Waals surface area contributed by atoms with Gasteiger partial charge in [-0.15, -0.1) is 0 Å². The highest BCUT2D eigenvalue weighted by Crippen LogP contribution is 2.30. The molecule has 1 aliphatic rings. The Morgan fingerprint density at radius 3 is 2.90 bits per heavy atom. The fourth-order valence-corrected chi connectivity index (χ4v) is 3.96. The normalized spacial score (nSPS) is 17.4. The van der Waals surface area contributed by atoms with Crippen LogP contribution in [-0.4, -0.2) is 79.0 Å². The quantitative estimate of drug-likeness (QED) is 0.671. The third-order valence-corrected chi connectivity index (χ3v) is 5.29. The van der Waals surface area contributed by atoms with Gasteiger partial charge in [0.2, 0.25) is 5.91 Å². The van der Waals surface area contributed by atoms with E-state index in [0.29, 0.717) is 30.5 Å². The van der Waals surface area contributed by atoms with Gasteiger partial charge >= 0.3 is 0 Å². The zero-order chi connectivity index (χ0) is 20.5. The van der Waals surface area contributed by atoms with E-state index in [1.165, 1.54) is 6.33 Å². The van der Waals surface area contributed by atoms with E-state index in [-0.39, 0.29) is 5.91 Å². The van der Waals surface area contributed by atoms with Crippen LogP contribution in [0.5, 0.6) is 0 Å². The Bertz CT molecular complexity index is 1020. The molecule has 4 rings (SSSR count). The number of piperidine rings is 1. The number of nitrogens with zero attached hydrogens (tertiary/aromatic N) is 8. The number of rotatable bonds is 5. The molecule has 4 heterocycles. The Hall–Kier alpha value is -3.01. The molecule has 29 heavy (non-hydrogen) atoms. The predicted molar refractivity (Wildman–Crippen MR) is 110 cm³/mol. The van der Waals surface area contributed by atoms with E-state index in [1.54, 1.807) is 10.9 Å². The summed E-state index contributed by atoms with van der Waals surface area (Å²) in [6.45, 7) is 2.67. The lowest BCUT2D eigenvalue weighted by Crippen LogP contribution is -2.44. The van der Waals surface area contributed by atoms with Gasteiger partial charge in [-0.25, -0.2) is 14.6 Å². The smallest absolute Gasteiger partial charge is 0.236 e. The van der Waals surface area contributed by atoms with E-state index in [9.17, 15) is 4.79 Å². The molecule has 0 aromatic carbocycles. The molecule has 1 fully saturated rings. The lowest BCUT2D eigenvalue weighted by Gasteiger charge is -2.33. The average molecular weight is 397 g/mol. The van der Waals surface area contributed by atoms with E-state index in [1.807, 2.05) is 41.8 Å². The molecule has 1 aliphatic heterocycles. The molecule has 0 spiro atoms. The van der Waals surface area contributed by atoms with E-state index >= 15 is 0 Å². The lowest BCUT2D eigenvalue weighted by molar-refractivity contribution is -0.133. The number of hydrogen-bond donors (Lipinski definition) is 1. The zero-order valence-corrected chi connectivity index (χ0v) is 17.1. The fourth-order valence-electron chi connectivity index (χ4n) is 3.96. The largest absolute Gasteiger partial charge is 0.383 e. The van der Waals surface area contributed by atoms with E-state index in [4.69, 9.17) is 10.8 Å². The maximum Gasteiger partial charge on any atom is 0.236 e. The summed E-state index contributed by atoms with van der Waals surface area (Å²) in [4.78, 5) is 24.9. The molecule has 10 heteroatoms. The first-order chi connectivity index (χ1) is 13.9. The van der Waals surface area contributed by atoms with Gasteiger partial charge in [-0.1, -0.05) is 0 Å². The monoisotopic (exact) mass is 397 g/mol. The van der Waals surface area contributed by atoms with Crippen LogP contribution in [0.3, 0.4) is 0 Å². The van der Waals surface area contributed by atoms with E-state index in [2.05, 4.69) is 15.1 Å². The van der Waals surface area contributed by atoms with Crippen LogP contribution in [0.4, 0.5) is 5.82 Å². The standard InChI is InChI=1S/C19H27N9O/c1-25(2)11-15(29)27-6-4-5-13(8-27)9-28-19-16(18(20)21-12-22-19)17(24-28)14-7-23-26(3)10-14/h7,10,12-13H,4-6,8-9,11H2,1-3H3,(H2,20,21,22). The van der Waals surface area contributed by atoms with Crippen molar-refractivity contribution in [3.8, 4) is 11.3 Å². The summed E-state index contributed by atoms with van der Waals surface area (Å²) in [5.74, 6) is 0.898. The van der Waals surface area contributed by atoms with Crippen molar-refractivity contribution in [2.75, 3.05) is 39.5 Å². The van der Waals surface area contributed by atoms with Crippen LogP contribution in [0, 0.1) is 5.92 Å². The number of anilines is 1. The zero-order valence-electron chi connectivity index (χ0n) is 17.1. The fraction of sp³-hybridized carbons (Fsp3) is 0.526. The number of hydrogen-bond acceptors (Lipinski definition) is 7. The minimum Gasteiger partial charge on any atom is -0.383 e. The summed E-state index contributed by atoms with van der Waals surface area (Å²) in [6.07, 6.45) is 7.18. The Kier molecular flexibility index (Phi) is 5.18. The molecule has 1 amide bonds. The average Bonchev–Trinajstić information content (AvgIpc) is 3.26. The van der Waals surface area contributed by atoms with Gasteiger partial charge < -0.3 is 15.5 Å². The van der Waals surface area contributed by atoms with Crippen LogP contribution in [0.15, 0.2) is 18.7 Å². The van der Waals surface area contributed by atoms with Crippen LogP contribution in [0.2, 0.25) is 0 Å². The third kappa shape index (κ3) is 3.93. The topological polar surface area (TPSA) is 111 Å². The summed E-state index contributed by atoms with van der Waals surface area (Å²) in [5, 5.41) is 9.81. The van der Waals surface area contributed by atoms with Crippen LogP contribution in [0.1, 0.15) is 12.8 Å². The van der Waals surface area contributed by atoms with Crippen molar-refractivity contribution < 1.29 is 4.79 Å². The summed E-state index contributed by atoms with van der Waals surface area (Å²) >= 11 is 0. The first-order valence-corrected chi connectivity index (χ1v) is 9.81. The van der Waals surface area contributed by atoms with Gasteiger partial charge in [0.1, 0.15) is 17.8 Å². The molecule has 1 unspecified atom stereocenters. The summed E-state index contributed by atoms with van der Waals surface area (Å²) < 4.78 is 3.63. The van der Waals surface area contributed by atoms with Crippen molar-refractivity contribution in [3.05, 3.63) is 18.7 Å². The van der Waals surface area contributed by atoms with Crippen molar-refractivity contribution in [1.82, 2.24) is 39.3 Å². The maximum atomic E-state index is 12.5. The number of aromatic nitrogens is 6. The molecular weight excluding hydrogens is 370 g/mol. The molecule has 1 saturated heterocycles. The van der Waals surface area contributed by atoms with Crippen LogP contribution >= 0.6 is 0 Å². The van der Waals surface area contributed by atoms with E-state index < -0.39 is 0 Å². The highest BCUT2D eigenvalue weighted by atomic mass is 16.2. The number of aryl methyl sites for hydroxylation is 1. The minimum atomic E-state index is 0.174. The summed E-state index contributed by atoms with van der Waals surface area (Å²) in [5.41, 5.74) is 8.50. The summed E-state index contributed by atoms with van der Waals surface area (Å²) in [7, 11) is 5.70.